The van der Waals surface area contributed by atoms with Gasteiger partial charge in [0.15, 0.2) is 0 Å². The first-order valence-corrected chi connectivity index (χ1v) is 8.38. The van der Waals surface area contributed by atoms with E-state index in [4.69, 9.17) is 4.74 Å². The number of nitrogens with zero attached hydrogens (tertiary/aromatic N) is 2. The molecule has 0 bridgehead atoms. The molecular formula is C14H30N2OS2. The molecule has 19 heavy (non-hydrogen) atoms. The second-order valence-corrected chi connectivity index (χ2v) is 7.43. The number of likely N-dealkylation sites (N-methyl/N-ethyl adjacent to an activating group) is 1. The molecule has 1 aliphatic rings. The van der Waals surface area contributed by atoms with E-state index in [1.54, 1.807) is 0 Å². The largest absolute Gasteiger partial charge is 0.380 e. The molecule has 3 nitrogen and oxygen atoms in total. The van der Waals surface area contributed by atoms with E-state index in [0.29, 0.717) is 10.6 Å². The maximum atomic E-state index is 5.82. The third-order valence-electron chi connectivity index (χ3n) is 3.72. The van der Waals surface area contributed by atoms with E-state index in [2.05, 4.69) is 56.0 Å². The van der Waals surface area contributed by atoms with Gasteiger partial charge in [0.2, 0.25) is 0 Å². The van der Waals surface area contributed by atoms with E-state index in [0.717, 1.165) is 45.3 Å². The quantitative estimate of drug-likeness (QED) is 0.529. The summed E-state index contributed by atoms with van der Waals surface area (Å²) < 4.78 is 5.82. The van der Waals surface area contributed by atoms with E-state index in [1.807, 2.05) is 0 Å². The number of piperidine rings is 1. The molecule has 1 heterocycles. The fraction of sp³-hybridized carbons (Fsp3) is 1.00. The normalized spacial score (nSPS) is 21.8. The van der Waals surface area contributed by atoms with Crippen LogP contribution in [-0.4, -0.2) is 66.9 Å². The van der Waals surface area contributed by atoms with Gasteiger partial charge in [-0.2, -0.15) is 25.3 Å². The Morgan fingerprint density at radius 3 is 2.42 bits per heavy atom. The minimum absolute atomic E-state index is 0.388. The van der Waals surface area contributed by atoms with Crippen LogP contribution >= 0.6 is 25.3 Å². The zero-order valence-electron chi connectivity index (χ0n) is 12.6. The van der Waals surface area contributed by atoms with Crippen molar-refractivity contribution in [3.63, 3.8) is 0 Å². The molecule has 5 heteroatoms. The van der Waals surface area contributed by atoms with Crippen molar-refractivity contribution in [1.29, 1.82) is 0 Å². The maximum absolute atomic E-state index is 5.82. The highest BCUT2D eigenvalue weighted by molar-refractivity contribution is 7.81. The third kappa shape index (κ3) is 7.81. The fourth-order valence-electron chi connectivity index (χ4n) is 2.51. The van der Waals surface area contributed by atoms with Gasteiger partial charge in [-0.05, 0) is 45.8 Å². The van der Waals surface area contributed by atoms with Gasteiger partial charge in [-0.3, -0.25) is 4.90 Å². The molecule has 2 atom stereocenters. The van der Waals surface area contributed by atoms with Gasteiger partial charge in [-0.1, -0.05) is 6.92 Å². The molecule has 0 radical (unpaired) electrons. The lowest BCUT2D eigenvalue weighted by atomic mass is 9.98. The Balaban J connectivity index is 2.02. The van der Waals surface area contributed by atoms with Gasteiger partial charge in [0.25, 0.3) is 0 Å². The van der Waals surface area contributed by atoms with Crippen LogP contribution < -0.4 is 0 Å². The highest BCUT2D eigenvalue weighted by Gasteiger charge is 2.21. The molecule has 0 amide bonds. The van der Waals surface area contributed by atoms with Crippen LogP contribution in [0.3, 0.4) is 0 Å². The second kappa shape index (κ2) is 9.50. The summed E-state index contributed by atoms with van der Waals surface area (Å²) in [4.78, 5) is 4.71. The van der Waals surface area contributed by atoms with Crippen molar-refractivity contribution in [2.45, 2.75) is 37.3 Å². The van der Waals surface area contributed by atoms with Crippen LogP contribution in [0, 0.1) is 5.92 Å². The Kier molecular flexibility index (Phi) is 8.82. The highest BCUT2D eigenvalue weighted by atomic mass is 32.1. The zero-order chi connectivity index (χ0) is 14.3. The van der Waals surface area contributed by atoms with Crippen LogP contribution in [0.15, 0.2) is 0 Å². The van der Waals surface area contributed by atoms with Crippen LogP contribution in [-0.2, 0) is 4.74 Å². The van der Waals surface area contributed by atoms with E-state index in [1.165, 1.54) is 12.8 Å². The smallest absolute Gasteiger partial charge is 0.0593 e. The van der Waals surface area contributed by atoms with E-state index < -0.39 is 0 Å². The molecule has 0 saturated carbocycles. The standard InChI is InChI=1S/C14H30N2OS2/c1-12(18)10-15(3)8-9-17-11-14-4-6-16(7-5-14)13(2)19/h12-14,18-19H,4-11H2,1-3H3. The van der Waals surface area contributed by atoms with Crippen molar-refractivity contribution in [2.75, 3.05) is 46.4 Å². The van der Waals surface area contributed by atoms with Crippen molar-refractivity contribution in [1.82, 2.24) is 9.80 Å². The molecule has 0 aliphatic carbocycles. The van der Waals surface area contributed by atoms with Gasteiger partial charge in [0.05, 0.1) is 6.61 Å². The van der Waals surface area contributed by atoms with Crippen LogP contribution in [0.25, 0.3) is 0 Å². The monoisotopic (exact) mass is 306 g/mol. The molecule has 1 rings (SSSR count). The summed E-state index contributed by atoms with van der Waals surface area (Å²) in [6, 6.07) is 0. The average Bonchev–Trinajstić information content (AvgIpc) is 2.34. The topological polar surface area (TPSA) is 15.7 Å². The maximum Gasteiger partial charge on any atom is 0.0593 e. The van der Waals surface area contributed by atoms with Crippen LogP contribution in [0.5, 0.6) is 0 Å². The molecule has 1 aliphatic heterocycles. The van der Waals surface area contributed by atoms with Gasteiger partial charge in [0, 0.05) is 30.3 Å². The van der Waals surface area contributed by atoms with E-state index in [-0.39, 0.29) is 0 Å². The SMILES string of the molecule is CC(S)CN(C)CCOCC1CCN(C(C)S)CC1. The Bertz CT molecular complexity index is 231. The van der Waals surface area contributed by atoms with Crippen LogP contribution in [0.4, 0.5) is 0 Å². The fourth-order valence-corrected chi connectivity index (χ4v) is 3.02. The van der Waals surface area contributed by atoms with E-state index in [9.17, 15) is 0 Å². The zero-order valence-corrected chi connectivity index (χ0v) is 14.4. The molecule has 2 unspecified atom stereocenters. The summed E-state index contributed by atoms with van der Waals surface area (Å²) in [5, 5.41) is 0.816. The van der Waals surface area contributed by atoms with Gasteiger partial charge >= 0.3 is 0 Å². The van der Waals surface area contributed by atoms with Gasteiger partial charge in [-0.15, -0.1) is 0 Å². The van der Waals surface area contributed by atoms with Crippen molar-refractivity contribution >= 4 is 25.3 Å². The Labute approximate surface area is 129 Å². The first-order valence-electron chi connectivity index (χ1n) is 7.35. The molecule has 0 aromatic carbocycles. The molecule has 1 saturated heterocycles. The Morgan fingerprint density at radius 2 is 1.89 bits per heavy atom. The number of hydrogen-bond acceptors (Lipinski definition) is 5. The summed E-state index contributed by atoms with van der Waals surface area (Å²) >= 11 is 8.89. The summed E-state index contributed by atoms with van der Waals surface area (Å²) in [5.74, 6) is 0.734. The number of likely N-dealkylation sites (tertiary alicyclic amines) is 1. The third-order valence-corrected chi connectivity index (χ3v) is 4.21. The van der Waals surface area contributed by atoms with Crippen LogP contribution in [0.1, 0.15) is 26.7 Å². The van der Waals surface area contributed by atoms with Gasteiger partial charge < -0.3 is 9.64 Å². The first kappa shape index (κ1) is 17.6. The number of rotatable bonds is 8. The van der Waals surface area contributed by atoms with Crippen molar-refractivity contribution < 1.29 is 4.74 Å². The minimum Gasteiger partial charge on any atom is -0.380 e. The van der Waals surface area contributed by atoms with Crippen LogP contribution in [0.2, 0.25) is 0 Å². The van der Waals surface area contributed by atoms with Crippen molar-refractivity contribution in [3.8, 4) is 0 Å². The Hall–Kier alpha value is 0.580. The number of hydrogen-bond donors (Lipinski definition) is 2. The average molecular weight is 307 g/mol. The minimum atomic E-state index is 0.388. The number of thiol groups is 2. The van der Waals surface area contributed by atoms with Gasteiger partial charge in [0.1, 0.15) is 0 Å². The lowest BCUT2D eigenvalue weighted by molar-refractivity contribution is 0.0562. The predicted molar refractivity (Wildman–Crippen MR) is 89.5 cm³/mol. The van der Waals surface area contributed by atoms with Crippen molar-refractivity contribution in [2.24, 2.45) is 5.92 Å². The first-order chi connectivity index (χ1) is 8.99. The highest BCUT2D eigenvalue weighted by Crippen LogP contribution is 2.20. The van der Waals surface area contributed by atoms with Crippen molar-refractivity contribution in [3.05, 3.63) is 0 Å². The molecule has 0 aromatic heterocycles. The number of ether oxygens (including phenoxy) is 1. The second-order valence-electron chi connectivity index (χ2n) is 5.80. The molecule has 0 aromatic rings. The molecule has 0 N–H and O–H groups in total. The lowest BCUT2D eigenvalue weighted by Gasteiger charge is -2.34. The molecular weight excluding hydrogens is 276 g/mol. The summed E-state index contributed by atoms with van der Waals surface area (Å²) in [6.07, 6.45) is 2.49. The summed E-state index contributed by atoms with van der Waals surface area (Å²) in [7, 11) is 2.13. The lowest BCUT2D eigenvalue weighted by Crippen LogP contribution is -2.38. The predicted octanol–water partition coefficient (Wildman–Crippen LogP) is 2.24. The Morgan fingerprint density at radius 1 is 1.26 bits per heavy atom. The summed E-state index contributed by atoms with van der Waals surface area (Å²) in [6.45, 7) is 10.4. The van der Waals surface area contributed by atoms with Gasteiger partial charge in [-0.25, -0.2) is 0 Å². The molecule has 114 valence electrons. The summed E-state index contributed by atoms with van der Waals surface area (Å²) in [5.41, 5.74) is 0. The molecule has 1 fully saturated rings. The van der Waals surface area contributed by atoms with E-state index >= 15 is 0 Å². The molecule has 0 spiro atoms.